The van der Waals surface area contributed by atoms with Crippen LogP contribution < -0.4 is 10.6 Å². The van der Waals surface area contributed by atoms with Crippen molar-refractivity contribution in [3.63, 3.8) is 0 Å². The summed E-state index contributed by atoms with van der Waals surface area (Å²) in [6, 6.07) is 16.8. The Morgan fingerprint density at radius 1 is 0.667 bits per heavy atom. The van der Waals surface area contributed by atoms with Crippen LogP contribution >= 0.6 is 0 Å². The Morgan fingerprint density at radius 2 is 1.00 bits per heavy atom. The first kappa shape index (κ1) is 12.5. The molecule has 0 heterocycles. The summed E-state index contributed by atoms with van der Waals surface area (Å²) in [5.74, 6) is 0. The Bertz CT molecular complexity index is 438. The first-order valence-corrected chi connectivity index (χ1v) is 6.30. The maximum absolute atomic E-state index is 3.42. The van der Waals surface area contributed by atoms with E-state index in [1.807, 2.05) is 0 Å². The third-order valence-electron chi connectivity index (χ3n) is 2.87. The van der Waals surface area contributed by atoms with Crippen molar-refractivity contribution in [3.8, 4) is 0 Å². The Hall–Kier alpha value is -1.96. The summed E-state index contributed by atoms with van der Waals surface area (Å²) >= 11 is 0. The molecule has 0 radical (unpaired) electrons. The Kier molecular flexibility index (Phi) is 3.88. The zero-order valence-electron chi connectivity index (χ0n) is 11.2. The fourth-order valence-electron chi connectivity index (χ4n) is 1.84. The van der Waals surface area contributed by atoms with Crippen LogP contribution in [0, 0.1) is 13.8 Å². The van der Waals surface area contributed by atoms with Crippen molar-refractivity contribution in [1.82, 2.24) is 0 Å². The summed E-state index contributed by atoms with van der Waals surface area (Å²) < 4.78 is 0. The van der Waals surface area contributed by atoms with Crippen molar-refractivity contribution in [2.75, 3.05) is 10.6 Å². The van der Waals surface area contributed by atoms with Crippen LogP contribution in [-0.4, -0.2) is 6.17 Å². The van der Waals surface area contributed by atoms with Gasteiger partial charge in [0.1, 0.15) is 0 Å². The minimum Gasteiger partial charge on any atom is -0.366 e. The predicted molar refractivity (Wildman–Crippen MR) is 79.1 cm³/mol. The van der Waals surface area contributed by atoms with Crippen molar-refractivity contribution < 1.29 is 0 Å². The zero-order valence-corrected chi connectivity index (χ0v) is 11.2. The van der Waals surface area contributed by atoms with Crippen LogP contribution in [0.25, 0.3) is 0 Å². The van der Waals surface area contributed by atoms with Crippen LogP contribution in [0.3, 0.4) is 0 Å². The molecule has 0 aliphatic carbocycles. The van der Waals surface area contributed by atoms with Crippen LogP contribution in [0.5, 0.6) is 0 Å². The molecule has 0 amide bonds. The second-order valence-electron chi connectivity index (χ2n) is 4.74. The number of nitrogens with one attached hydrogen (secondary N) is 2. The molecule has 94 valence electrons. The lowest BCUT2D eigenvalue weighted by molar-refractivity contribution is 0.916. The third-order valence-corrected chi connectivity index (χ3v) is 2.87. The molecule has 2 N–H and O–H groups in total. The summed E-state index contributed by atoms with van der Waals surface area (Å²) in [4.78, 5) is 0. The van der Waals surface area contributed by atoms with Gasteiger partial charge in [-0.05, 0) is 45.0 Å². The highest BCUT2D eigenvalue weighted by atomic mass is 15.1. The number of hydrogen-bond donors (Lipinski definition) is 2. The summed E-state index contributed by atoms with van der Waals surface area (Å²) in [6.45, 7) is 6.30. The molecule has 0 bridgehead atoms. The van der Waals surface area contributed by atoms with Gasteiger partial charge in [-0.2, -0.15) is 0 Å². The van der Waals surface area contributed by atoms with E-state index < -0.39 is 0 Å². The number of benzene rings is 2. The van der Waals surface area contributed by atoms with Gasteiger partial charge in [0.25, 0.3) is 0 Å². The molecule has 2 rings (SSSR count). The molecule has 2 aromatic carbocycles. The van der Waals surface area contributed by atoms with Crippen LogP contribution in [0.15, 0.2) is 48.5 Å². The zero-order chi connectivity index (χ0) is 13.0. The van der Waals surface area contributed by atoms with E-state index in [4.69, 9.17) is 0 Å². The second kappa shape index (κ2) is 5.58. The molecule has 2 heteroatoms. The van der Waals surface area contributed by atoms with Crippen molar-refractivity contribution in [3.05, 3.63) is 59.7 Å². The first-order chi connectivity index (χ1) is 8.63. The SMILES string of the molecule is Cc1ccc(NC(C)Nc2ccc(C)cc2)cc1. The monoisotopic (exact) mass is 240 g/mol. The van der Waals surface area contributed by atoms with E-state index in [-0.39, 0.29) is 6.17 Å². The molecule has 0 aliphatic rings. The van der Waals surface area contributed by atoms with Gasteiger partial charge in [-0.25, -0.2) is 0 Å². The highest BCUT2D eigenvalue weighted by molar-refractivity contribution is 5.50. The minimum atomic E-state index is 0.190. The van der Waals surface area contributed by atoms with Gasteiger partial charge >= 0.3 is 0 Å². The molecule has 0 spiro atoms. The molecule has 0 saturated carbocycles. The number of anilines is 2. The average molecular weight is 240 g/mol. The molecule has 18 heavy (non-hydrogen) atoms. The van der Waals surface area contributed by atoms with E-state index in [0.29, 0.717) is 0 Å². The fourth-order valence-corrected chi connectivity index (χ4v) is 1.84. The van der Waals surface area contributed by atoms with Gasteiger partial charge in [0.05, 0.1) is 6.17 Å². The van der Waals surface area contributed by atoms with E-state index in [2.05, 4.69) is 79.9 Å². The van der Waals surface area contributed by atoms with Gasteiger partial charge in [-0.3, -0.25) is 0 Å². The molecule has 0 atom stereocenters. The molecular weight excluding hydrogens is 220 g/mol. The summed E-state index contributed by atoms with van der Waals surface area (Å²) in [6.07, 6.45) is 0.190. The van der Waals surface area contributed by atoms with Gasteiger partial charge in [-0.15, -0.1) is 0 Å². The van der Waals surface area contributed by atoms with Crippen LogP contribution in [0.1, 0.15) is 18.1 Å². The lowest BCUT2D eigenvalue weighted by Crippen LogP contribution is -2.24. The maximum Gasteiger partial charge on any atom is 0.0934 e. The fraction of sp³-hybridized carbons (Fsp3) is 0.250. The quantitative estimate of drug-likeness (QED) is 0.784. The van der Waals surface area contributed by atoms with Crippen LogP contribution in [0.2, 0.25) is 0 Å². The topological polar surface area (TPSA) is 24.1 Å². The average Bonchev–Trinajstić information content (AvgIpc) is 2.35. The largest absolute Gasteiger partial charge is 0.366 e. The molecule has 0 aromatic heterocycles. The van der Waals surface area contributed by atoms with Crippen LogP contribution in [0.4, 0.5) is 11.4 Å². The van der Waals surface area contributed by atoms with E-state index in [0.717, 1.165) is 11.4 Å². The number of rotatable bonds is 4. The number of hydrogen-bond acceptors (Lipinski definition) is 2. The second-order valence-corrected chi connectivity index (χ2v) is 4.74. The Morgan fingerprint density at radius 3 is 1.33 bits per heavy atom. The summed E-state index contributed by atoms with van der Waals surface area (Å²) in [7, 11) is 0. The summed E-state index contributed by atoms with van der Waals surface area (Å²) in [5.41, 5.74) is 4.82. The highest BCUT2D eigenvalue weighted by Crippen LogP contribution is 2.13. The highest BCUT2D eigenvalue weighted by Gasteiger charge is 2.01. The smallest absolute Gasteiger partial charge is 0.0934 e. The summed E-state index contributed by atoms with van der Waals surface area (Å²) in [5, 5.41) is 6.84. The normalized spacial score (nSPS) is 10.4. The van der Waals surface area contributed by atoms with E-state index in [1.54, 1.807) is 0 Å². The first-order valence-electron chi connectivity index (χ1n) is 6.30. The van der Waals surface area contributed by atoms with Gasteiger partial charge < -0.3 is 10.6 Å². The van der Waals surface area contributed by atoms with Crippen molar-refractivity contribution in [1.29, 1.82) is 0 Å². The molecule has 0 saturated heterocycles. The van der Waals surface area contributed by atoms with E-state index in [1.165, 1.54) is 11.1 Å². The molecule has 0 unspecified atom stereocenters. The maximum atomic E-state index is 3.42. The molecule has 2 nitrogen and oxygen atoms in total. The molecule has 0 aliphatic heterocycles. The standard InChI is InChI=1S/C16H20N2/c1-12-4-8-15(9-5-12)17-14(3)18-16-10-6-13(2)7-11-16/h4-11,14,17-18H,1-3H3. The van der Waals surface area contributed by atoms with E-state index >= 15 is 0 Å². The van der Waals surface area contributed by atoms with Crippen molar-refractivity contribution in [2.45, 2.75) is 26.9 Å². The molecular formula is C16H20N2. The Balaban J connectivity index is 1.94. The van der Waals surface area contributed by atoms with Crippen molar-refractivity contribution in [2.24, 2.45) is 0 Å². The minimum absolute atomic E-state index is 0.190. The van der Waals surface area contributed by atoms with Gasteiger partial charge in [0, 0.05) is 11.4 Å². The lowest BCUT2D eigenvalue weighted by Gasteiger charge is -2.18. The van der Waals surface area contributed by atoms with E-state index in [9.17, 15) is 0 Å². The third kappa shape index (κ3) is 3.52. The van der Waals surface area contributed by atoms with Gasteiger partial charge in [0.2, 0.25) is 0 Å². The Labute approximate surface area is 109 Å². The van der Waals surface area contributed by atoms with Crippen molar-refractivity contribution >= 4 is 11.4 Å². The predicted octanol–water partition coefficient (Wildman–Crippen LogP) is 4.17. The lowest BCUT2D eigenvalue weighted by atomic mass is 10.2. The van der Waals surface area contributed by atoms with Gasteiger partial charge in [0.15, 0.2) is 0 Å². The van der Waals surface area contributed by atoms with Crippen LogP contribution in [-0.2, 0) is 0 Å². The number of aryl methyl sites for hydroxylation is 2. The molecule has 2 aromatic rings. The molecule has 0 fully saturated rings. The van der Waals surface area contributed by atoms with Gasteiger partial charge in [-0.1, -0.05) is 35.4 Å².